The molecule has 0 aromatic heterocycles. The van der Waals surface area contributed by atoms with Crippen LogP contribution in [0.25, 0.3) is 0 Å². The maximum absolute atomic E-state index is 12.7. The number of hydrogen-bond acceptors (Lipinski definition) is 5. The maximum atomic E-state index is 12.7. The van der Waals surface area contributed by atoms with E-state index >= 15 is 0 Å². The lowest BCUT2D eigenvalue weighted by molar-refractivity contribution is 0.0959. The van der Waals surface area contributed by atoms with Gasteiger partial charge in [-0.15, -0.1) is 0 Å². The molecule has 0 unspecified atom stereocenters. The van der Waals surface area contributed by atoms with Crippen LogP contribution in [0.4, 0.5) is 5.69 Å². The van der Waals surface area contributed by atoms with Crippen LogP contribution in [-0.2, 0) is 9.84 Å². The first-order chi connectivity index (χ1) is 13.9. The Kier molecular flexibility index (Phi) is 6.19. The van der Waals surface area contributed by atoms with Crippen LogP contribution in [0.1, 0.15) is 22.8 Å². The topological polar surface area (TPSA) is 84.5 Å². The number of carbonyl (C=O) groups is 1. The van der Waals surface area contributed by atoms with E-state index in [9.17, 15) is 13.2 Å². The zero-order valence-electron chi connectivity index (χ0n) is 16.2. The number of sulfone groups is 1. The number of anilines is 1. The van der Waals surface area contributed by atoms with E-state index in [-0.39, 0.29) is 15.7 Å². The van der Waals surface area contributed by atoms with Crippen LogP contribution in [0.15, 0.2) is 82.6 Å². The van der Waals surface area contributed by atoms with Crippen LogP contribution in [0.5, 0.6) is 5.75 Å². The third kappa shape index (κ3) is 4.75. The Morgan fingerprint density at radius 2 is 1.48 bits per heavy atom. The van der Waals surface area contributed by atoms with Gasteiger partial charge in [-0.2, -0.15) is 0 Å². The molecule has 0 saturated carbocycles. The minimum atomic E-state index is -3.59. The predicted octanol–water partition coefficient (Wildman–Crippen LogP) is 3.98. The molecule has 0 heterocycles. The smallest absolute Gasteiger partial charge is 0.273 e. The molecular formula is C22H22N2O4S. The fourth-order valence-electron chi connectivity index (χ4n) is 2.70. The summed E-state index contributed by atoms with van der Waals surface area (Å²) in [6.07, 6.45) is 0. The molecule has 2 N–H and O–H groups in total. The van der Waals surface area contributed by atoms with Crippen LogP contribution in [-0.4, -0.2) is 20.9 Å². The average molecular weight is 410 g/mol. The van der Waals surface area contributed by atoms with Crippen molar-refractivity contribution in [1.29, 1.82) is 0 Å². The number of nitrogens with one attached hydrogen (secondary N) is 2. The summed E-state index contributed by atoms with van der Waals surface area (Å²) in [5.74, 6) is 0.138. The molecular weight excluding hydrogens is 388 g/mol. The molecule has 150 valence electrons. The van der Waals surface area contributed by atoms with Crippen LogP contribution in [0.2, 0.25) is 0 Å². The van der Waals surface area contributed by atoms with E-state index in [2.05, 4.69) is 10.9 Å². The molecule has 0 fully saturated rings. The zero-order valence-corrected chi connectivity index (χ0v) is 17.0. The number of amides is 1. The van der Waals surface area contributed by atoms with Crippen molar-refractivity contribution in [3.05, 3.63) is 83.9 Å². The SMILES string of the molecule is CCOc1ccccc1C(=O)NNc1ccc(S(=O)(=O)c2ccc(C)cc2)cc1. The van der Waals surface area contributed by atoms with Gasteiger partial charge in [-0.25, -0.2) is 8.42 Å². The summed E-state index contributed by atoms with van der Waals surface area (Å²) in [7, 11) is -3.59. The minimum absolute atomic E-state index is 0.180. The Balaban J connectivity index is 1.70. The number of para-hydroxylation sites is 1. The van der Waals surface area contributed by atoms with Gasteiger partial charge in [-0.3, -0.25) is 15.6 Å². The lowest BCUT2D eigenvalue weighted by Crippen LogP contribution is -2.29. The van der Waals surface area contributed by atoms with Crippen molar-refractivity contribution in [3.63, 3.8) is 0 Å². The van der Waals surface area contributed by atoms with Gasteiger partial charge in [0.05, 0.1) is 27.6 Å². The molecule has 0 bridgehead atoms. The molecule has 29 heavy (non-hydrogen) atoms. The van der Waals surface area contributed by atoms with Crippen molar-refractivity contribution in [2.75, 3.05) is 12.0 Å². The molecule has 0 aliphatic carbocycles. The van der Waals surface area contributed by atoms with Gasteiger partial charge in [0.25, 0.3) is 5.91 Å². The molecule has 3 aromatic rings. The molecule has 0 atom stereocenters. The molecule has 7 heteroatoms. The minimum Gasteiger partial charge on any atom is -0.493 e. The number of ether oxygens (including phenoxy) is 1. The highest BCUT2D eigenvalue weighted by molar-refractivity contribution is 7.91. The second kappa shape index (κ2) is 8.79. The van der Waals surface area contributed by atoms with Gasteiger partial charge in [0.15, 0.2) is 0 Å². The Labute approximate surface area is 170 Å². The number of aryl methyl sites for hydroxylation is 1. The van der Waals surface area contributed by atoms with Gasteiger partial charge >= 0.3 is 0 Å². The highest BCUT2D eigenvalue weighted by atomic mass is 32.2. The molecule has 3 aromatic carbocycles. The number of hydrogen-bond donors (Lipinski definition) is 2. The van der Waals surface area contributed by atoms with Crippen LogP contribution in [0.3, 0.4) is 0 Å². The van der Waals surface area contributed by atoms with Crippen LogP contribution in [0, 0.1) is 6.92 Å². The fraction of sp³-hybridized carbons (Fsp3) is 0.136. The van der Waals surface area contributed by atoms with Crippen LogP contribution < -0.4 is 15.6 Å². The maximum Gasteiger partial charge on any atom is 0.273 e. The first-order valence-electron chi connectivity index (χ1n) is 9.12. The Morgan fingerprint density at radius 1 is 0.897 bits per heavy atom. The lowest BCUT2D eigenvalue weighted by Gasteiger charge is -2.12. The second-order valence-corrected chi connectivity index (χ2v) is 8.30. The number of rotatable bonds is 7. The van der Waals surface area contributed by atoms with Gasteiger partial charge in [0.1, 0.15) is 5.75 Å². The molecule has 1 amide bonds. The van der Waals surface area contributed by atoms with E-state index in [0.29, 0.717) is 23.6 Å². The summed E-state index contributed by atoms with van der Waals surface area (Å²) in [4.78, 5) is 12.8. The van der Waals surface area contributed by atoms with Gasteiger partial charge in [0.2, 0.25) is 9.84 Å². The normalized spacial score (nSPS) is 11.0. The van der Waals surface area contributed by atoms with Crippen molar-refractivity contribution in [1.82, 2.24) is 5.43 Å². The number of benzene rings is 3. The molecule has 0 aliphatic heterocycles. The van der Waals surface area contributed by atoms with E-state index in [4.69, 9.17) is 4.74 Å². The summed E-state index contributed by atoms with van der Waals surface area (Å²) < 4.78 is 30.9. The van der Waals surface area contributed by atoms with E-state index in [1.807, 2.05) is 13.8 Å². The third-order valence-corrected chi connectivity index (χ3v) is 6.03. The van der Waals surface area contributed by atoms with Crippen molar-refractivity contribution >= 4 is 21.4 Å². The summed E-state index contributed by atoms with van der Waals surface area (Å²) in [6, 6.07) is 19.8. The van der Waals surface area contributed by atoms with Gasteiger partial charge < -0.3 is 4.74 Å². The molecule has 0 aliphatic rings. The lowest BCUT2D eigenvalue weighted by atomic mass is 10.2. The molecule has 0 spiro atoms. The largest absolute Gasteiger partial charge is 0.493 e. The van der Waals surface area contributed by atoms with Gasteiger partial charge in [0, 0.05) is 0 Å². The molecule has 6 nitrogen and oxygen atoms in total. The van der Waals surface area contributed by atoms with Crippen molar-refractivity contribution in [2.45, 2.75) is 23.6 Å². The molecule has 3 rings (SSSR count). The Hall–Kier alpha value is -3.32. The summed E-state index contributed by atoms with van der Waals surface area (Å²) in [5.41, 5.74) is 7.33. The highest BCUT2D eigenvalue weighted by Gasteiger charge is 2.17. The Bertz CT molecular complexity index is 1090. The Morgan fingerprint density at radius 3 is 2.10 bits per heavy atom. The molecule has 0 saturated heterocycles. The summed E-state index contributed by atoms with van der Waals surface area (Å²) in [5, 5.41) is 0. The average Bonchev–Trinajstić information content (AvgIpc) is 2.73. The van der Waals surface area contributed by atoms with Gasteiger partial charge in [-0.1, -0.05) is 29.8 Å². The standard InChI is InChI=1S/C22H22N2O4S/c1-3-28-21-7-5-4-6-20(21)22(25)24-23-17-10-14-19(15-11-17)29(26,27)18-12-8-16(2)9-13-18/h4-15,23H,3H2,1-2H3,(H,24,25). The predicted molar refractivity (Wildman–Crippen MR) is 112 cm³/mol. The summed E-state index contributed by atoms with van der Waals surface area (Å²) in [6.45, 7) is 4.20. The third-order valence-electron chi connectivity index (χ3n) is 4.25. The van der Waals surface area contributed by atoms with Crippen molar-refractivity contribution in [3.8, 4) is 5.75 Å². The van der Waals surface area contributed by atoms with E-state index in [0.717, 1.165) is 5.56 Å². The fourth-order valence-corrected chi connectivity index (χ4v) is 3.96. The van der Waals surface area contributed by atoms with E-state index < -0.39 is 9.84 Å². The van der Waals surface area contributed by atoms with E-state index in [1.165, 1.54) is 12.1 Å². The number of carbonyl (C=O) groups excluding carboxylic acids is 1. The van der Waals surface area contributed by atoms with Crippen molar-refractivity contribution < 1.29 is 17.9 Å². The monoisotopic (exact) mass is 410 g/mol. The van der Waals surface area contributed by atoms with Crippen LogP contribution >= 0.6 is 0 Å². The highest BCUT2D eigenvalue weighted by Crippen LogP contribution is 2.23. The van der Waals surface area contributed by atoms with E-state index in [1.54, 1.807) is 60.7 Å². The zero-order chi connectivity index (χ0) is 20.9. The quantitative estimate of drug-likeness (QED) is 0.576. The first kappa shape index (κ1) is 20.4. The summed E-state index contributed by atoms with van der Waals surface area (Å²) >= 11 is 0. The first-order valence-corrected chi connectivity index (χ1v) is 10.6. The second-order valence-electron chi connectivity index (χ2n) is 6.35. The number of hydrazine groups is 1. The van der Waals surface area contributed by atoms with Gasteiger partial charge in [-0.05, 0) is 62.4 Å². The van der Waals surface area contributed by atoms with Crippen molar-refractivity contribution in [2.24, 2.45) is 0 Å². The molecule has 0 radical (unpaired) electrons.